The van der Waals surface area contributed by atoms with Gasteiger partial charge in [0, 0.05) is 0 Å². The fourth-order valence-corrected chi connectivity index (χ4v) is 1.61. The van der Waals surface area contributed by atoms with E-state index in [4.69, 9.17) is 14.9 Å². The Balaban J connectivity index is 3.33. The van der Waals surface area contributed by atoms with Crippen molar-refractivity contribution in [3.8, 4) is 11.5 Å². The van der Waals surface area contributed by atoms with Gasteiger partial charge in [-0.3, -0.25) is 5.41 Å². The fourth-order valence-electron chi connectivity index (χ4n) is 1.61. The van der Waals surface area contributed by atoms with E-state index in [1.165, 1.54) is 7.11 Å². The Labute approximate surface area is 102 Å². The summed E-state index contributed by atoms with van der Waals surface area (Å²) in [4.78, 5) is 0. The van der Waals surface area contributed by atoms with Crippen LogP contribution in [0.3, 0.4) is 0 Å². The molecule has 0 amide bonds. The van der Waals surface area contributed by atoms with Gasteiger partial charge in [0.05, 0.1) is 12.9 Å². The van der Waals surface area contributed by atoms with Crippen molar-refractivity contribution in [3.63, 3.8) is 0 Å². The molecule has 1 aromatic carbocycles. The van der Waals surface area contributed by atoms with E-state index in [0.29, 0.717) is 11.5 Å². The predicted molar refractivity (Wildman–Crippen MR) is 64.8 cm³/mol. The minimum atomic E-state index is -1.09. The summed E-state index contributed by atoms with van der Waals surface area (Å²) in [7, 11) is 1.51. The van der Waals surface area contributed by atoms with E-state index in [0.717, 1.165) is 11.1 Å². The Morgan fingerprint density at radius 2 is 1.88 bits per heavy atom. The smallest absolute Gasteiger partial charge is 0.147 e. The van der Waals surface area contributed by atoms with E-state index in [-0.39, 0.29) is 5.41 Å². The first-order chi connectivity index (χ1) is 7.75. The van der Waals surface area contributed by atoms with Crippen molar-refractivity contribution in [2.75, 3.05) is 7.11 Å². The average molecular weight is 236 g/mol. The molecule has 0 unspecified atom stereocenters. The first-order valence-electron chi connectivity index (χ1n) is 5.38. The second-order valence-corrected chi connectivity index (χ2v) is 4.96. The van der Waals surface area contributed by atoms with Gasteiger partial charge in [-0.25, -0.2) is 0 Å². The molecule has 0 spiro atoms. The SMILES string of the molecule is COc1c(C)cc(C(C)(C)C)cc1OC(=N)[O-]. The molecule has 0 saturated carbocycles. The van der Waals surface area contributed by atoms with Crippen molar-refractivity contribution < 1.29 is 14.6 Å². The number of aryl methyl sites for hydroxylation is 1. The van der Waals surface area contributed by atoms with Gasteiger partial charge < -0.3 is 14.6 Å². The lowest BCUT2D eigenvalue weighted by atomic mass is 9.86. The van der Waals surface area contributed by atoms with E-state index >= 15 is 0 Å². The number of benzene rings is 1. The van der Waals surface area contributed by atoms with Gasteiger partial charge in [-0.05, 0) is 29.5 Å². The summed E-state index contributed by atoms with van der Waals surface area (Å²) in [5, 5.41) is 17.6. The van der Waals surface area contributed by atoms with Crippen LogP contribution in [0.2, 0.25) is 0 Å². The summed E-state index contributed by atoms with van der Waals surface area (Å²) < 4.78 is 10.0. The van der Waals surface area contributed by atoms with Crippen molar-refractivity contribution in [2.24, 2.45) is 0 Å². The van der Waals surface area contributed by atoms with Crippen LogP contribution in [0.15, 0.2) is 12.1 Å². The van der Waals surface area contributed by atoms with Crippen molar-refractivity contribution in [3.05, 3.63) is 23.3 Å². The van der Waals surface area contributed by atoms with Gasteiger partial charge in [0.2, 0.25) is 0 Å². The largest absolute Gasteiger partial charge is 0.563 e. The first-order valence-corrected chi connectivity index (χ1v) is 5.38. The molecule has 0 aromatic heterocycles. The standard InChI is InChI=1S/C13H19NO3/c1-8-6-9(13(2,3)4)7-10(11(8)16-5)17-12(14)15/h6-7H,1-5H3,(H2,14,15)/p-1. The Bertz CT molecular complexity index is 433. The summed E-state index contributed by atoms with van der Waals surface area (Å²) in [6, 6.07) is 3.75. The third-order valence-corrected chi connectivity index (χ3v) is 2.51. The van der Waals surface area contributed by atoms with Gasteiger partial charge in [0.1, 0.15) is 11.8 Å². The molecule has 1 N–H and O–H groups in total. The van der Waals surface area contributed by atoms with Crippen LogP contribution in [0.4, 0.5) is 0 Å². The van der Waals surface area contributed by atoms with Gasteiger partial charge in [0.15, 0.2) is 0 Å². The lowest BCUT2D eigenvalue weighted by Gasteiger charge is -2.25. The van der Waals surface area contributed by atoms with Crippen LogP contribution in [0.5, 0.6) is 11.5 Å². The highest BCUT2D eigenvalue weighted by Crippen LogP contribution is 2.36. The molecule has 4 heteroatoms. The molecule has 0 heterocycles. The number of hydrogen-bond donors (Lipinski definition) is 1. The highest BCUT2D eigenvalue weighted by Gasteiger charge is 2.17. The first kappa shape index (κ1) is 13.4. The molecule has 1 aromatic rings. The van der Waals surface area contributed by atoms with Gasteiger partial charge in [-0.1, -0.05) is 26.8 Å². The molecule has 94 valence electrons. The number of methoxy groups -OCH3 is 1. The average Bonchev–Trinajstić information content (AvgIpc) is 2.14. The molecule has 17 heavy (non-hydrogen) atoms. The van der Waals surface area contributed by atoms with E-state index < -0.39 is 6.08 Å². The fraction of sp³-hybridized carbons (Fsp3) is 0.462. The maximum absolute atomic E-state index is 10.7. The van der Waals surface area contributed by atoms with Crippen LogP contribution < -0.4 is 14.6 Å². The maximum atomic E-state index is 10.7. The Morgan fingerprint density at radius 3 is 2.29 bits per heavy atom. The summed E-state index contributed by atoms with van der Waals surface area (Å²) in [6.45, 7) is 8.09. The zero-order chi connectivity index (χ0) is 13.2. The molecule has 0 radical (unpaired) electrons. The lowest BCUT2D eigenvalue weighted by Crippen LogP contribution is -2.23. The van der Waals surface area contributed by atoms with Gasteiger partial charge >= 0.3 is 0 Å². The molecule has 0 saturated heterocycles. The molecule has 0 bridgehead atoms. The second kappa shape index (κ2) is 4.65. The van der Waals surface area contributed by atoms with Crippen molar-refractivity contribution >= 4 is 6.08 Å². The third-order valence-electron chi connectivity index (χ3n) is 2.51. The lowest BCUT2D eigenvalue weighted by molar-refractivity contribution is -0.242. The molecule has 0 aliphatic heterocycles. The summed E-state index contributed by atoms with van der Waals surface area (Å²) in [5.74, 6) is 0.802. The molecule has 0 atom stereocenters. The predicted octanol–water partition coefficient (Wildman–Crippen LogP) is 1.97. The molecule has 4 nitrogen and oxygen atoms in total. The topological polar surface area (TPSA) is 65.4 Å². The minimum Gasteiger partial charge on any atom is -0.563 e. The van der Waals surface area contributed by atoms with Crippen LogP contribution in [-0.2, 0) is 5.41 Å². The van der Waals surface area contributed by atoms with E-state index in [1.54, 1.807) is 6.07 Å². The van der Waals surface area contributed by atoms with Crippen LogP contribution >= 0.6 is 0 Å². The van der Waals surface area contributed by atoms with Gasteiger partial charge in [-0.15, -0.1) is 0 Å². The number of rotatable bonds is 2. The molecule has 0 aliphatic carbocycles. The van der Waals surface area contributed by atoms with Crippen molar-refractivity contribution in [1.82, 2.24) is 0 Å². The third kappa shape index (κ3) is 3.12. The summed E-state index contributed by atoms with van der Waals surface area (Å²) in [5.41, 5.74) is 1.86. The molecule has 0 aliphatic rings. The van der Waals surface area contributed by atoms with Crippen LogP contribution in [-0.4, -0.2) is 13.2 Å². The summed E-state index contributed by atoms with van der Waals surface area (Å²) >= 11 is 0. The van der Waals surface area contributed by atoms with Crippen LogP contribution in [0.25, 0.3) is 0 Å². The zero-order valence-electron chi connectivity index (χ0n) is 10.9. The molecular formula is C13H18NO3-. The monoisotopic (exact) mass is 236 g/mol. The van der Waals surface area contributed by atoms with Crippen LogP contribution in [0.1, 0.15) is 31.9 Å². The molecule has 1 rings (SSSR count). The highest BCUT2D eigenvalue weighted by molar-refractivity contribution is 5.64. The Hall–Kier alpha value is -1.71. The quantitative estimate of drug-likeness (QED) is 0.630. The normalized spacial score (nSPS) is 11.1. The van der Waals surface area contributed by atoms with Crippen LogP contribution in [0, 0.1) is 12.3 Å². The van der Waals surface area contributed by atoms with Gasteiger partial charge in [-0.2, -0.15) is 0 Å². The Morgan fingerprint density at radius 1 is 1.29 bits per heavy atom. The summed E-state index contributed by atoms with van der Waals surface area (Å²) in [6.07, 6.45) is -1.09. The zero-order valence-corrected chi connectivity index (χ0v) is 10.9. The van der Waals surface area contributed by atoms with Crippen molar-refractivity contribution in [2.45, 2.75) is 33.1 Å². The molecule has 0 fully saturated rings. The van der Waals surface area contributed by atoms with E-state index in [1.807, 2.05) is 13.0 Å². The van der Waals surface area contributed by atoms with Gasteiger partial charge in [0.25, 0.3) is 0 Å². The van der Waals surface area contributed by atoms with Crippen molar-refractivity contribution in [1.29, 1.82) is 5.41 Å². The highest BCUT2D eigenvalue weighted by atomic mass is 16.6. The number of hydrogen-bond acceptors (Lipinski definition) is 4. The molecular weight excluding hydrogens is 218 g/mol. The maximum Gasteiger partial charge on any atom is 0.147 e. The Kier molecular flexibility index (Phi) is 3.66. The number of nitrogens with one attached hydrogen (secondary N) is 1. The second-order valence-electron chi connectivity index (χ2n) is 4.96. The van der Waals surface area contributed by atoms with E-state index in [9.17, 15) is 5.11 Å². The minimum absolute atomic E-state index is 0.0553. The number of ether oxygens (including phenoxy) is 2. The van der Waals surface area contributed by atoms with E-state index in [2.05, 4.69) is 20.8 Å².